The van der Waals surface area contributed by atoms with E-state index in [4.69, 9.17) is 20.8 Å². The number of halogens is 4. The van der Waals surface area contributed by atoms with Crippen LogP contribution in [0, 0.1) is 5.92 Å². The number of hydrogen-bond donors (Lipinski definition) is 4. The van der Waals surface area contributed by atoms with Crippen LogP contribution in [0.4, 0.5) is 13.2 Å². The van der Waals surface area contributed by atoms with Gasteiger partial charge in [-0.15, -0.1) is 0 Å². The van der Waals surface area contributed by atoms with Crippen molar-refractivity contribution in [2.45, 2.75) is 49.9 Å². The summed E-state index contributed by atoms with van der Waals surface area (Å²) in [4.78, 5) is 34.8. The molecule has 0 unspecified atom stereocenters. The number of pyridine rings is 1. The minimum absolute atomic E-state index is 0.00182. The third-order valence-electron chi connectivity index (χ3n) is 9.42. The first-order valence-electron chi connectivity index (χ1n) is 17.3. The molecule has 2 aliphatic rings. The smallest absolute Gasteiger partial charge is 0.405 e. The van der Waals surface area contributed by atoms with E-state index in [1.54, 1.807) is 53.6 Å². The Morgan fingerprint density at radius 1 is 1.04 bits per heavy atom. The monoisotopic (exact) mass is 755 g/mol. The van der Waals surface area contributed by atoms with E-state index in [0.717, 1.165) is 5.56 Å². The number of nitrogens with one attached hydrogen (secondary N) is 2. The first kappa shape index (κ1) is 38.3. The summed E-state index contributed by atoms with van der Waals surface area (Å²) in [5.41, 5.74) is 2.18. The van der Waals surface area contributed by atoms with Gasteiger partial charge in [-0.25, -0.2) is 0 Å². The van der Waals surface area contributed by atoms with Crippen LogP contribution in [0.3, 0.4) is 0 Å². The summed E-state index contributed by atoms with van der Waals surface area (Å²) < 4.78 is 51.0. The summed E-state index contributed by atoms with van der Waals surface area (Å²) in [7, 11) is 0. The molecule has 2 aromatic carbocycles. The molecule has 2 amide bonds. The summed E-state index contributed by atoms with van der Waals surface area (Å²) in [6, 6.07) is 19.9. The Morgan fingerprint density at radius 2 is 1.81 bits per heavy atom. The number of fused-ring (bicyclic) bond motifs is 1. The number of alkyl halides is 3. The molecule has 15 heteroatoms. The van der Waals surface area contributed by atoms with E-state index in [0.29, 0.717) is 40.0 Å². The van der Waals surface area contributed by atoms with Crippen LogP contribution in [0.15, 0.2) is 89.6 Å². The lowest BCUT2D eigenvalue weighted by atomic mass is 9.90. The molecule has 0 bridgehead atoms. The van der Waals surface area contributed by atoms with Gasteiger partial charge < -0.3 is 30.0 Å². The Kier molecular flexibility index (Phi) is 12.4. The van der Waals surface area contributed by atoms with E-state index in [2.05, 4.69) is 10.3 Å². The van der Waals surface area contributed by atoms with Gasteiger partial charge in [0.15, 0.2) is 0 Å². The molecule has 0 spiro atoms. The number of para-hydroxylation sites is 1. The lowest BCUT2D eigenvalue weighted by molar-refractivity contribution is -0.143. The van der Waals surface area contributed by atoms with Gasteiger partial charge in [0.2, 0.25) is 11.8 Å². The largest absolute Gasteiger partial charge is 0.490 e. The molecule has 0 saturated carbocycles. The standard InChI is InChI=1S/C38H41ClF3N5O6/c39-27-15-26(17-43-18-27)33-11-10-29(53-33)20-46-12-13-47(31(21-46)37(51)44-23-38(40,41)42)19-28(48)16-25(14-24-6-2-1-3-7-24)36(50)45-35-30-8-4-5-9-34(30)52-22-32(35)49/h1-11,15,17-18,25,28,31-32,35,48-49H,12-14,16,19-23H2,(H,44,51)(H,45,50)/t25-,28+,31+,32-,35+/m1/s1. The fourth-order valence-electron chi connectivity index (χ4n) is 6.83. The van der Waals surface area contributed by atoms with E-state index in [1.807, 2.05) is 40.5 Å². The third kappa shape index (κ3) is 10.4. The minimum atomic E-state index is -4.61. The van der Waals surface area contributed by atoms with E-state index in [9.17, 15) is 33.0 Å². The molecular weight excluding hydrogens is 715 g/mol. The number of β-amino-alcohol motifs (C(OH)–C–C–N with tert-alkyl or cyclic N) is 1. The average Bonchev–Trinajstić information content (AvgIpc) is 3.61. The van der Waals surface area contributed by atoms with Gasteiger partial charge >= 0.3 is 6.18 Å². The van der Waals surface area contributed by atoms with Crippen molar-refractivity contribution >= 4 is 23.4 Å². The summed E-state index contributed by atoms with van der Waals surface area (Å²) >= 11 is 6.07. The van der Waals surface area contributed by atoms with E-state index in [1.165, 1.54) is 6.20 Å². The lowest BCUT2D eigenvalue weighted by Gasteiger charge is -2.41. The maximum Gasteiger partial charge on any atom is 0.405 e. The molecule has 0 aliphatic carbocycles. The molecule has 6 rings (SSSR count). The molecule has 282 valence electrons. The fourth-order valence-corrected chi connectivity index (χ4v) is 7.00. The number of furan rings is 1. The Labute approximate surface area is 309 Å². The summed E-state index contributed by atoms with van der Waals surface area (Å²) in [5.74, 6) is -0.269. The lowest BCUT2D eigenvalue weighted by Crippen LogP contribution is -2.60. The van der Waals surface area contributed by atoms with Crippen molar-refractivity contribution in [3.8, 4) is 17.1 Å². The SMILES string of the molecule is O=C(N[C@H]1c2ccccc2OC[C@H]1O)[C@H](Cc1ccccc1)C[C@H](O)CN1CCN(Cc2ccc(-c3cncc(Cl)c3)o2)C[C@H]1C(=O)NCC(F)(F)F. The van der Waals surface area contributed by atoms with Gasteiger partial charge in [-0.2, -0.15) is 13.2 Å². The van der Waals surface area contributed by atoms with Crippen LogP contribution < -0.4 is 15.4 Å². The molecule has 11 nitrogen and oxygen atoms in total. The minimum Gasteiger partial charge on any atom is -0.490 e. The molecule has 53 heavy (non-hydrogen) atoms. The van der Waals surface area contributed by atoms with Crippen molar-refractivity contribution in [2.75, 3.05) is 39.3 Å². The Balaban J connectivity index is 1.15. The number of carbonyl (C=O) groups excluding carboxylic acids is 2. The molecule has 2 aromatic heterocycles. The van der Waals surface area contributed by atoms with Crippen LogP contribution in [-0.2, 0) is 22.6 Å². The number of aromatic nitrogens is 1. The zero-order valence-electron chi connectivity index (χ0n) is 28.7. The number of benzene rings is 2. The molecule has 5 atom stereocenters. The Morgan fingerprint density at radius 3 is 2.58 bits per heavy atom. The van der Waals surface area contributed by atoms with E-state index in [-0.39, 0.29) is 51.5 Å². The highest BCUT2D eigenvalue weighted by atomic mass is 35.5. The van der Waals surface area contributed by atoms with Gasteiger partial charge in [0, 0.05) is 55.6 Å². The maximum atomic E-state index is 13.9. The molecule has 1 saturated heterocycles. The van der Waals surface area contributed by atoms with Crippen LogP contribution in [-0.4, -0.2) is 101 Å². The highest BCUT2D eigenvalue weighted by molar-refractivity contribution is 6.30. The van der Waals surface area contributed by atoms with Crippen molar-refractivity contribution in [3.05, 3.63) is 107 Å². The van der Waals surface area contributed by atoms with Gasteiger partial charge in [0.1, 0.15) is 42.6 Å². The second kappa shape index (κ2) is 17.1. The van der Waals surface area contributed by atoms with Crippen molar-refractivity contribution in [2.24, 2.45) is 5.92 Å². The summed E-state index contributed by atoms with van der Waals surface area (Å²) in [6.45, 7) is -0.514. The predicted molar refractivity (Wildman–Crippen MR) is 190 cm³/mol. The molecule has 4 aromatic rings. The van der Waals surface area contributed by atoms with E-state index < -0.39 is 48.8 Å². The highest BCUT2D eigenvalue weighted by Crippen LogP contribution is 2.33. The summed E-state index contributed by atoms with van der Waals surface area (Å²) in [5, 5.41) is 27.6. The number of rotatable bonds is 13. The predicted octanol–water partition coefficient (Wildman–Crippen LogP) is 4.38. The molecule has 2 aliphatic heterocycles. The van der Waals surface area contributed by atoms with Crippen LogP contribution >= 0.6 is 11.6 Å². The molecule has 4 heterocycles. The first-order valence-corrected chi connectivity index (χ1v) is 17.7. The second-order valence-corrected chi connectivity index (χ2v) is 13.9. The summed E-state index contributed by atoms with van der Waals surface area (Å²) in [6.07, 6.45) is -3.33. The van der Waals surface area contributed by atoms with Crippen LogP contribution in [0.2, 0.25) is 5.02 Å². The zero-order valence-corrected chi connectivity index (χ0v) is 29.5. The molecule has 4 N–H and O–H groups in total. The number of piperazine rings is 1. The van der Waals surface area contributed by atoms with Crippen molar-refractivity contribution in [3.63, 3.8) is 0 Å². The third-order valence-corrected chi connectivity index (χ3v) is 9.62. The van der Waals surface area contributed by atoms with Crippen LogP contribution in [0.5, 0.6) is 5.75 Å². The fraction of sp³-hybridized carbons (Fsp3) is 0.395. The van der Waals surface area contributed by atoms with Gasteiger partial charge in [-0.05, 0) is 42.7 Å². The van der Waals surface area contributed by atoms with E-state index >= 15 is 0 Å². The Bertz CT molecular complexity index is 1850. The molecule has 1 fully saturated rings. The average molecular weight is 756 g/mol. The number of carbonyl (C=O) groups is 2. The van der Waals surface area contributed by atoms with Gasteiger partial charge in [-0.3, -0.25) is 24.4 Å². The van der Waals surface area contributed by atoms with Gasteiger partial charge in [-0.1, -0.05) is 60.1 Å². The van der Waals surface area contributed by atoms with Crippen molar-refractivity contribution in [1.29, 1.82) is 0 Å². The first-order chi connectivity index (χ1) is 25.4. The topological polar surface area (TPSA) is 140 Å². The van der Waals surface area contributed by atoms with Gasteiger partial charge in [0.05, 0.1) is 23.7 Å². The molecular formula is C38H41ClF3N5O6. The highest BCUT2D eigenvalue weighted by Gasteiger charge is 2.38. The van der Waals surface area contributed by atoms with Crippen LogP contribution in [0.25, 0.3) is 11.3 Å². The zero-order chi connectivity index (χ0) is 37.5. The Hall–Kier alpha value is -4.47. The number of nitrogens with zero attached hydrogens (tertiary/aromatic N) is 3. The quantitative estimate of drug-likeness (QED) is 0.157. The van der Waals surface area contributed by atoms with Gasteiger partial charge in [0.25, 0.3) is 0 Å². The van der Waals surface area contributed by atoms with Crippen molar-refractivity contribution in [1.82, 2.24) is 25.4 Å². The maximum absolute atomic E-state index is 13.9. The number of amides is 2. The molecule has 0 radical (unpaired) electrons. The number of hydrogen-bond acceptors (Lipinski definition) is 9. The second-order valence-electron chi connectivity index (χ2n) is 13.4. The number of ether oxygens (including phenoxy) is 1. The van der Waals surface area contributed by atoms with Crippen LogP contribution in [0.1, 0.15) is 29.3 Å². The number of aliphatic hydroxyl groups is 2. The number of aliphatic hydroxyl groups excluding tert-OH is 2. The van der Waals surface area contributed by atoms with Crippen molar-refractivity contribution < 1.29 is 42.1 Å². The normalized spacial score (nSPS) is 20.5.